The van der Waals surface area contributed by atoms with Crippen LogP contribution in [0.5, 0.6) is 0 Å². The second-order valence-corrected chi connectivity index (χ2v) is 3.54. The van der Waals surface area contributed by atoms with Crippen molar-refractivity contribution in [1.29, 1.82) is 0 Å². The maximum absolute atomic E-state index is 5.83. The summed E-state index contributed by atoms with van der Waals surface area (Å²) in [5.41, 5.74) is 12.2. The number of halogens is 1. The molecule has 0 aliphatic heterocycles. The number of aromatic nitrogens is 1. The number of nitrogens with zero attached hydrogens (tertiary/aromatic N) is 1. The molecule has 66 valence electrons. The highest BCUT2D eigenvalue weighted by molar-refractivity contribution is 9.10. The summed E-state index contributed by atoms with van der Waals surface area (Å²) < 4.78 is 0.951. The lowest BCUT2D eigenvalue weighted by molar-refractivity contribution is 0.658. The second kappa shape index (κ2) is 4.54. The molecular formula is C8H12BrN3. The highest BCUT2D eigenvalue weighted by Gasteiger charge is 2.04. The fraction of sp³-hybridized carbons (Fsp3) is 0.375. The van der Waals surface area contributed by atoms with E-state index < -0.39 is 0 Å². The number of rotatable bonds is 3. The third kappa shape index (κ3) is 2.55. The summed E-state index contributed by atoms with van der Waals surface area (Å²) in [7, 11) is 0. The normalized spacial score (nSPS) is 12.9. The molecule has 1 aromatic rings. The van der Waals surface area contributed by atoms with Gasteiger partial charge in [-0.3, -0.25) is 4.98 Å². The van der Waals surface area contributed by atoms with E-state index in [9.17, 15) is 0 Å². The SMILES string of the molecule is NCC[C@H](N)c1cncc(Br)c1. The first-order chi connectivity index (χ1) is 5.74. The van der Waals surface area contributed by atoms with Gasteiger partial charge < -0.3 is 11.5 Å². The first-order valence-electron chi connectivity index (χ1n) is 3.80. The Morgan fingerprint density at radius 2 is 2.25 bits per heavy atom. The topological polar surface area (TPSA) is 64.9 Å². The Bertz CT molecular complexity index is 252. The van der Waals surface area contributed by atoms with Crippen molar-refractivity contribution in [3.63, 3.8) is 0 Å². The molecule has 0 saturated heterocycles. The number of pyridine rings is 1. The second-order valence-electron chi connectivity index (χ2n) is 2.62. The van der Waals surface area contributed by atoms with E-state index in [1.807, 2.05) is 6.07 Å². The van der Waals surface area contributed by atoms with Crippen LogP contribution in [0.15, 0.2) is 22.9 Å². The lowest BCUT2D eigenvalue weighted by atomic mass is 10.1. The van der Waals surface area contributed by atoms with E-state index in [1.165, 1.54) is 0 Å². The minimum atomic E-state index is -0.000000000000000222. The van der Waals surface area contributed by atoms with Crippen molar-refractivity contribution in [2.75, 3.05) is 6.54 Å². The van der Waals surface area contributed by atoms with Crippen LogP contribution in [0.25, 0.3) is 0 Å². The molecule has 0 aliphatic carbocycles. The maximum Gasteiger partial charge on any atom is 0.0410 e. The van der Waals surface area contributed by atoms with Gasteiger partial charge in [0.2, 0.25) is 0 Å². The first-order valence-corrected chi connectivity index (χ1v) is 4.59. The Kier molecular flexibility index (Phi) is 3.65. The minimum Gasteiger partial charge on any atom is -0.330 e. The lowest BCUT2D eigenvalue weighted by Gasteiger charge is -2.09. The highest BCUT2D eigenvalue weighted by atomic mass is 79.9. The van der Waals surface area contributed by atoms with Gasteiger partial charge in [-0.05, 0) is 40.5 Å². The summed E-state index contributed by atoms with van der Waals surface area (Å²) in [5, 5.41) is 0. The van der Waals surface area contributed by atoms with E-state index in [4.69, 9.17) is 11.5 Å². The highest BCUT2D eigenvalue weighted by Crippen LogP contribution is 2.16. The van der Waals surface area contributed by atoms with Crippen LogP contribution in [0.4, 0.5) is 0 Å². The van der Waals surface area contributed by atoms with Crippen molar-refractivity contribution < 1.29 is 0 Å². The number of nitrogens with two attached hydrogens (primary N) is 2. The van der Waals surface area contributed by atoms with Crippen LogP contribution >= 0.6 is 15.9 Å². The molecule has 0 unspecified atom stereocenters. The molecule has 12 heavy (non-hydrogen) atoms. The van der Waals surface area contributed by atoms with E-state index >= 15 is 0 Å². The van der Waals surface area contributed by atoms with E-state index in [0.29, 0.717) is 6.54 Å². The smallest absolute Gasteiger partial charge is 0.0410 e. The summed E-state index contributed by atoms with van der Waals surface area (Å²) in [6.45, 7) is 0.605. The quantitative estimate of drug-likeness (QED) is 0.819. The molecule has 0 bridgehead atoms. The fourth-order valence-electron chi connectivity index (χ4n) is 0.977. The Balaban J connectivity index is 2.73. The van der Waals surface area contributed by atoms with Gasteiger partial charge in [0.25, 0.3) is 0 Å². The van der Waals surface area contributed by atoms with Gasteiger partial charge in [-0.15, -0.1) is 0 Å². The molecule has 0 aliphatic rings. The fourth-order valence-corrected chi connectivity index (χ4v) is 1.36. The van der Waals surface area contributed by atoms with Gasteiger partial charge in [-0.2, -0.15) is 0 Å². The molecule has 0 fully saturated rings. The third-order valence-corrected chi connectivity index (χ3v) is 2.07. The molecule has 0 saturated carbocycles. The van der Waals surface area contributed by atoms with E-state index in [0.717, 1.165) is 16.5 Å². The Morgan fingerprint density at radius 1 is 1.50 bits per heavy atom. The zero-order valence-electron chi connectivity index (χ0n) is 6.70. The summed E-state index contributed by atoms with van der Waals surface area (Å²) in [4.78, 5) is 4.02. The average molecular weight is 230 g/mol. The van der Waals surface area contributed by atoms with Crippen LogP contribution in [-0.2, 0) is 0 Å². The van der Waals surface area contributed by atoms with Crippen LogP contribution in [0.2, 0.25) is 0 Å². The summed E-state index contributed by atoms with van der Waals surface area (Å²) in [5.74, 6) is 0. The molecule has 4 heteroatoms. The van der Waals surface area contributed by atoms with Gasteiger partial charge in [-0.25, -0.2) is 0 Å². The predicted molar refractivity (Wildman–Crippen MR) is 52.5 cm³/mol. The lowest BCUT2D eigenvalue weighted by Crippen LogP contribution is -2.15. The molecule has 4 N–H and O–H groups in total. The predicted octanol–water partition coefficient (Wildman–Crippen LogP) is 1.19. The zero-order chi connectivity index (χ0) is 8.97. The third-order valence-electron chi connectivity index (χ3n) is 1.63. The molecule has 1 rings (SSSR count). The molecule has 1 atom stereocenters. The van der Waals surface area contributed by atoms with Crippen molar-refractivity contribution in [2.24, 2.45) is 11.5 Å². The Hall–Kier alpha value is -0.450. The van der Waals surface area contributed by atoms with Gasteiger partial charge in [0, 0.05) is 22.9 Å². The van der Waals surface area contributed by atoms with Gasteiger partial charge in [0.1, 0.15) is 0 Å². The summed E-state index contributed by atoms with van der Waals surface area (Å²) in [6.07, 6.45) is 4.29. The molecule has 1 heterocycles. The molecule has 0 radical (unpaired) electrons. The van der Waals surface area contributed by atoms with Gasteiger partial charge >= 0.3 is 0 Å². The zero-order valence-corrected chi connectivity index (χ0v) is 8.29. The molecule has 0 spiro atoms. The van der Waals surface area contributed by atoms with Gasteiger partial charge in [0.15, 0.2) is 0 Å². The molecular weight excluding hydrogens is 218 g/mol. The minimum absolute atomic E-state index is 0.000000000000000222. The largest absolute Gasteiger partial charge is 0.330 e. The Morgan fingerprint density at radius 3 is 2.83 bits per heavy atom. The van der Waals surface area contributed by atoms with Crippen LogP contribution < -0.4 is 11.5 Å². The van der Waals surface area contributed by atoms with Crippen molar-refractivity contribution >= 4 is 15.9 Å². The van der Waals surface area contributed by atoms with Crippen LogP contribution in [0, 0.1) is 0 Å². The Labute approximate surface area is 80.3 Å². The maximum atomic E-state index is 5.83. The van der Waals surface area contributed by atoms with Gasteiger partial charge in [-0.1, -0.05) is 0 Å². The molecule has 3 nitrogen and oxygen atoms in total. The number of hydrogen-bond acceptors (Lipinski definition) is 3. The summed E-state index contributed by atoms with van der Waals surface area (Å²) >= 11 is 3.33. The van der Waals surface area contributed by atoms with Gasteiger partial charge in [0.05, 0.1) is 0 Å². The standard InChI is InChI=1S/C8H12BrN3/c9-7-3-6(4-12-5-7)8(11)1-2-10/h3-5,8H,1-2,10-11H2/t8-/m0/s1. The van der Waals surface area contributed by atoms with E-state index in [2.05, 4.69) is 20.9 Å². The van der Waals surface area contributed by atoms with E-state index in [-0.39, 0.29) is 6.04 Å². The molecule has 0 amide bonds. The molecule has 1 aromatic heterocycles. The first kappa shape index (κ1) is 9.64. The average Bonchev–Trinajstić information content (AvgIpc) is 2.05. The van der Waals surface area contributed by atoms with Crippen molar-refractivity contribution in [3.8, 4) is 0 Å². The summed E-state index contributed by atoms with van der Waals surface area (Å²) in [6, 6.07) is 1.97. The van der Waals surface area contributed by atoms with Crippen molar-refractivity contribution in [1.82, 2.24) is 4.98 Å². The van der Waals surface area contributed by atoms with Crippen molar-refractivity contribution in [2.45, 2.75) is 12.5 Å². The van der Waals surface area contributed by atoms with Crippen LogP contribution in [-0.4, -0.2) is 11.5 Å². The van der Waals surface area contributed by atoms with Crippen LogP contribution in [0.1, 0.15) is 18.0 Å². The van der Waals surface area contributed by atoms with E-state index in [1.54, 1.807) is 12.4 Å². The monoisotopic (exact) mass is 229 g/mol. The van der Waals surface area contributed by atoms with Crippen molar-refractivity contribution in [3.05, 3.63) is 28.5 Å². The number of hydrogen-bond donors (Lipinski definition) is 2. The van der Waals surface area contributed by atoms with Crippen LogP contribution in [0.3, 0.4) is 0 Å². The molecule has 0 aromatic carbocycles.